The first-order valence-corrected chi connectivity index (χ1v) is 9.16. The highest BCUT2D eigenvalue weighted by Crippen LogP contribution is 2.24. The van der Waals surface area contributed by atoms with Crippen molar-refractivity contribution >= 4 is 22.0 Å². The first-order valence-electron chi connectivity index (χ1n) is 7.72. The van der Waals surface area contributed by atoms with Crippen molar-refractivity contribution in [1.82, 2.24) is 4.31 Å². The molecule has 0 unspecified atom stereocenters. The summed E-state index contributed by atoms with van der Waals surface area (Å²) in [6.07, 6.45) is 0. The van der Waals surface area contributed by atoms with Gasteiger partial charge in [0, 0.05) is 13.6 Å². The minimum Gasteiger partial charge on any atom is -0.465 e. The van der Waals surface area contributed by atoms with E-state index in [9.17, 15) is 22.4 Å². The smallest absolute Gasteiger partial charge is 0.339 e. The van der Waals surface area contributed by atoms with Crippen molar-refractivity contribution in [3.05, 3.63) is 65.0 Å². The molecule has 0 atom stereocenters. The quantitative estimate of drug-likeness (QED) is 0.697. The molecule has 0 heterocycles. The van der Waals surface area contributed by atoms with Gasteiger partial charge in [-0.05, 0) is 35.9 Å². The topological polar surface area (TPSA) is 90.0 Å². The van der Waals surface area contributed by atoms with E-state index in [-0.39, 0.29) is 22.6 Å². The predicted molar refractivity (Wildman–Crippen MR) is 94.2 cm³/mol. The van der Waals surface area contributed by atoms with Gasteiger partial charge in [0.1, 0.15) is 5.82 Å². The second-order valence-corrected chi connectivity index (χ2v) is 7.59. The third-order valence-electron chi connectivity index (χ3n) is 3.81. The van der Waals surface area contributed by atoms with E-state index < -0.39 is 27.8 Å². The SMILES string of the molecule is COC(=O)c1ccc(C(=O)OC)c(S(=O)(=O)N(C)Cc2ccc(F)cc2)c1. The standard InChI is InChI=1S/C18H18FNO6S/c1-20(11-12-4-7-14(19)8-5-12)27(23,24)16-10-13(17(21)25-2)6-9-15(16)18(22)26-3/h4-10H,11H2,1-3H3. The monoisotopic (exact) mass is 395 g/mol. The number of ether oxygens (including phenoxy) is 2. The Kier molecular flexibility index (Phi) is 6.29. The number of rotatable bonds is 6. The molecule has 7 nitrogen and oxygen atoms in total. The molecule has 0 aromatic heterocycles. The van der Waals surface area contributed by atoms with E-state index in [0.717, 1.165) is 24.6 Å². The van der Waals surface area contributed by atoms with E-state index in [1.165, 1.54) is 43.4 Å². The van der Waals surface area contributed by atoms with Crippen LogP contribution >= 0.6 is 0 Å². The van der Waals surface area contributed by atoms with Gasteiger partial charge in [0.15, 0.2) is 0 Å². The van der Waals surface area contributed by atoms with Crippen molar-refractivity contribution in [2.24, 2.45) is 0 Å². The van der Waals surface area contributed by atoms with Crippen molar-refractivity contribution in [2.45, 2.75) is 11.4 Å². The fraction of sp³-hybridized carbons (Fsp3) is 0.222. The van der Waals surface area contributed by atoms with E-state index in [0.29, 0.717) is 5.56 Å². The highest BCUT2D eigenvalue weighted by Gasteiger charge is 2.28. The van der Waals surface area contributed by atoms with Crippen LogP contribution < -0.4 is 0 Å². The summed E-state index contributed by atoms with van der Waals surface area (Å²) in [6.45, 7) is -0.0638. The molecule has 0 aliphatic heterocycles. The number of esters is 2. The van der Waals surface area contributed by atoms with Crippen LogP contribution in [0.4, 0.5) is 4.39 Å². The molecule has 0 radical (unpaired) electrons. The molecular weight excluding hydrogens is 377 g/mol. The van der Waals surface area contributed by atoms with Crippen LogP contribution in [0.25, 0.3) is 0 Å². The normalized spacial score (nSPS) is 11.3. The molecule has 0 aliphatic rings. The number of sulfonamides is 1. The maximum atomic E-state index is 13.0. The van der Waals surface area contributed by atoms with Crippen molar-refractivity contribution in [3.63, 3.8) is 0 Å². The van der Waals surface area contributed by atoms with Gasteiger partial charge in [-0.25, -0.2) is 22.4 Å². The van der Waals surface area contributed by atoms with Gasteiger partial charge in [0.2, 0.25) is 10.0 Å². The molecule has 0 fully saturated rings. The largest absolute Gasteiger partial charge is 0.465 e. The minimum absolute atomic E-state index is 0.0288. The van der Waals surface area contributed by atoms with Crippen molar-refractivity contribution in [1.29, 1.82) is 0 Å². The molecule has 0 N–H and O–H groups in total. The lowest BCUT2D eigenvalue weighted by molar-refractivity contribution is 0.0583. The maximum Gasteiger partial charge on any atom is 0.339 e. The Labute approximate surface area is 156 Å². The third-order valence-corrected chi connectivity index (χ3v) is 5.66. The first kappa shape index (κ1) is 20.5. The van der Waals surface area contributed by atoms with E-state index in [4.69, 9.17) is 0 Å². The molecular formula is C18H18FNO6S. The third kappa shape index (κ3) is 4.50. The molecule has 2 aromatic carbocycles. The van der Waals surface area contributed by atoms with Gasteiger partial charge in [-0.15, -0.1) is 0 Å². The number of benzene rings is 2. The molecule has 0 saturated heterocycles. The highest BCUT2D eigenvalue weighted by atomic mass is 32.2. The van der Waals surface area contributed by atoms with Gasteiger partial charge in [0.25, 0.3) is 0 Å². The van der Waals surface area contributed by atoms with Gasteiger partial charge in [0.05, 0.1) is 30.2 Å². The number of carbonyl (C=O) groups excluding carboxylic acids is 2. The Morgan fingerprint density at radius 3 is 2.15 bits per heavy atom. The number of hydrogen-bond acceptors (Lipinski definition) is 6. The summed E-state index contributed by atoms with van der Waals surface area (Å²) in [7, 11) is -0.578. The molecule has 0 spiro atoms. The second kappa shape index (κ2) is 8.28. The fourth-order valence-electron chi connectivity index (χ4n) is 2.36. The van der Waals surface area contributed by atoms with Crippen LogP contribution in [0.5, 0.6) is 0 Å². The molecule has 27 heavy (non-hydrogen) atoms. The maximum absolute atomic E-state index is 13.0. The van der Waals surface area contributed by atoms with Crippen molar-refractivity contribution in [3.8, 4) is 0 Å². The van der Waals surface area contributed by atoms with Crippen molar-refractivity contribution < 1.29 is 31.9 Å². The Balaban J connectivity index is 2.49. The van der Waals surface area contributed by atoms with Gasteiger partial charge in [-0.1, -0.05) is 12.1 Å². The summed E-state index contributed by atoms with van der Waals surface area (Å²) in [5.74, 6) is -2.05. The van der Waals surface area contributed by atoms with Crippen LogP contribution in [-0.2, 0) is 26.0 Å². The fourth-order valence-corrected chi connectivity index (χ4v) is 3.72. The minimum atomic E-state index is -4.17. The lowest BCUT2D eigenvalue weighted by Crippen LogP contribution is -2.28. The van der Waals surface area contributed by atoms with Gasteiger partial charge < -0.3 is 9.47 Å². The molecule has 0 amide bonds. The number of nitrogens with zero attached hydrogens (tertiary/aromatic N) is 1. The Bertz CT molecular complexity index is 956. The molecule has 0 bridgehead atoms. The average Bonchev–Trinajstić information content (AvgIpc) is 2.67. The van der Waals surface area contributed by atoms with Gasteiger partial charge in [-0.2, -0.15) is 4.31 Å². The Hall–Kier alpha value is -2.78. The number of halogens is 1. The molecule has 0 saturated carbocycles. The molecule has 2 rings (SSSR count). The average molecular weight is 395 g/mol. The Morgan fingerprint density at radius 2 is 1.59 bits per heavy atom. The van der Waals surface area contributed by atoms with Crippen molar-refractivity contribution in [2.75, 3.05) is 21.3 Å². The zero-order valence-corrected chi connectivity index (χ0v) is 15.7. The summed E-state index contributed by atoms with van der Waals surface area (Å²) >= 11 is 0. The summed E-state index contributed by atoms with van der Waals surface area (Å²) < 4.78 is 49.2. The van der Waals surface area contributed by atoms with E-state index in [1.807, 2.05) is 0 Å². The van der Waals surface area contributed by atoms with Crippen LogP contribution in [0.2, 0.25) is 0 Å². The Morgan fingerprint density at radius 1 is 1.00 bits per heavy atom. The molecule has 9 heteroatoms. The zero-order valence-electron chi connectivity index (χ0n) is 14.9. The van der Waals surface area contributed by atoms with E-state index in [2.05, 4.69) is 9.47 Å². The summed E-state index contributed by atoms with van der Waals surface area (Å²) in [5.41, 5.74) is 0.307. The predicted octanol–water partition coefficient (Wildman–Crippen LogP) is 2.22. The van der Waals surface area contributed by atoms with Gasteiger partial charge >= 0.3 is 11.9 Å². The zero-order chi connectivity index (χ0) is 20.2. The van der Waals surface area contributed by atoms with Gasteiger partial charge in [-0.3, -0.25) is 0 Å². The first-order chi connectivity index (χ1) is 12.7. The summed E-state index contributed by atoms with van der Waals surface area (Å²) in [6, 6.07) is 8.87. The number of methoxy groups -OCH3 is 2. The lowest BCUT2D eigenvalue weighted by atomic mass is 10.1. The van der Waals surface area contributed by atoms with Crippen LogP contribution in [0.1, 0.15) is 26.3 Å². The van der Waals surface area contributed by atoms with Crippen LogP contribution in [0.15, 0.2) is 47.4 Å². The summed E-state index contributed by atoms with van der Waals surface area (Å²) in [4.78, 5) is 23.4. The van der Waals surface area contributed by atoms with Crippen LogP contribution in [0.3, 0.4) is 0 Å². The van der Waals surface area contributed by atoms with Crippen LogP contribution in [-0.4, -0.2) is 45.9 Å². The highest BCUT2D eigenvalue weighted by molar-refractivity contribution is 7.89. The van der Waals surface area contributed by atoms with E-state index in [1.54, 1.807) is 0 Å². The molecule has 144 valence electrons. The number of carbonyl (C=O) groups is 2. The molecule has 0 aliphatic carbocycles. The van der Waals surface area contributed by atoms with E-state index >= 15 is 0 Å². The van der Waals surface area contributed by atoms with Crippen LogP contribution in [0, 0.1) is 5.82 Å². The second-order valence-electron chi connectivity index (χ2n) is 5.58. The number of hydrogen-bond donors (Lipinski definition) is 0. The lowest BCUT2D eigenvalue weighted by Gasteiger charge is -2.19. The summed E-state index contributed by atoms with van der Waals surface area (Å²) in [5, 5.41) is 0. The molecule has 2 aromatic rings.